The van der Waals surface area contributed by atoms with Gasteiger partial charge in [-0.1, -0.05) is 19.8 Å². The number of hydrogen-bond acceptors (Lipinski definition) is 7. The summed E-state index contributed by atoms with van der Waals surface area (Å²) < 4.78 is 5.32. The van der Waals surface area contributed by atoms with E-state index in [0.717, 1.165) is 25.1 Å². The van der Waals surface area contributed by atoms with Gasteiger partial charge in [0.2, 0.25) is 5.91 Å². The van der Waals surface area contributed by atoms with Gasteiger partial charge in [0.05, 0.1) is 19.4 Å². The van der Waals surface area contributed by atoms with E-state index in [1.807, 2.05) is 6.92 Å². The van der Waals surface area contributed by atoms with Gasteiger partial charge < -0.3 is 24.4 Å². The molecule has 2 aromatic rings. The fourth-order valence-corrected chi connectivity index (χ4v) is 4.97. The van der Waals surface area contributed by atoms with E-state index in [-0.39, 0.29) is 17.9 Å². The predicted octanol–water partition coefficient (Wildman–Crippen LogP) is 1.84. The largest absolute Gasteiger partial charge is 0.378 e. The molecular weight excluding hydrogens is 410 g/mol. The molecule has 1 saturated carbocycles. The van der Waals surface area contributed by atoms with Crippen LogP contribution in [0.5, 0.6) is 0 Å². The van der Waals surface area contributed by atoms with E-state index in [1.165, 1.54) is 12.8 Å². The molecule has 0 unspecified atom stereocenters. The number of carbonyl (C=O) groups is 2. The van der Waals surface area contributed by atoms with Gasteiger partial charge in [0.1, 0.15) is 17.4 Å². The number of rotatable bonds is 4. The van der Waals surface area contributed by atoms with Gasteiger partial charge >= 0.3 is 0 Å². The Hall–Kier alpha value is -3.01. The zero-order valence-corrected chi connectivity index (χ0v) is 18.6. The number of nitrogens with zero attached hydrogens (tertiary/aromatic N) is 6. The second-order valence-corrected chi connectivity index (χ2v) is 8.61. The number of anilines is 2. The van der Waals surface area contributed by atoms with E-state index in [2.05, 4.69) is 19.9 Å². The van der Waals surface area contributed by atoms with E-state index in [9.17, 15) is 9.59 Å². The van der Waals surface area contributed by atoms with Crippen LogP contribution >= 0.6 is 0 Å². The van der Waals surface area contributed by atoms with Crippen LogP contribution in [-0.4, -0.2) is 82.1 Å². The highest BCUT2D eigenvalue weighted by atomic mass is 16.5. The minimum atomic E-state index is -0.228. The lowest BCUT2D eigenvalue weighted by atomic mass is 10.0. The second-order valence-electron chi connectivity index (χ2n) is 8.61. The number of nitrogens with one attached hydrogen (secondary N) is 1. The highest BCUT2D eigenvalue weighted by Gasteiger charge is 2.41. The molecule has 0 aromatic carbocycles. The summed E-state index contributed by atoms with van der Waals surface area (Å²) in [5.74, 6) is 1.60. The van der Waals surface area contributed by atoms with Crippen LogP contribution in [-0.2, 0) is 9.53 Å². The minimum Gasteiger partial charge on any atom is -0.378 e. The number of likely N-dealkylation sites (N-methyl/N-ethyl adjacent to an activating group) is 1. The molecule has 170 valence electrons. The number of H-pyrrole nitrogens is 1. The molecule has 4 heterocycles. The SMILES string of the molecule is CC[C@@H]1C(=O)N(C)c2cnc(-c3nc(C(=O)N4CCOCC4)c[nH]3)nc2N1C1CCCC1. The molecule has 1 saturated heterocycles. The van der Waals surface area contributed by atoms with Gasteiger partial charge in [0.15, 0.2) is 17.5 Å². The van der Waals surface area contributed by atoms with Gasteiger partial charge in [-0.05, 0) is 19.3 Å². The van der Waals surface area contributed by atoms with Gasteiger partial charge in [-0.25, -0.2) is 15.0 Å². The number of morpholine rings is 1. The van der Waals surface area contributed by atoms with Crippen LogP contribution in [0.4, 0.5) is 11.5 Å². The lowest BCUT2D eigenvalue weighted by Crippen LogP contribution is -2.55. The molecule has 2 aromatic heterocycles. The van der Waals surface area contributed by atoms with Gasteiger partial charge in [-0.3, -0.25) is 9.59 Å². The van der Waals surface area contributed by atoms with Crippen molar-refractivity contribution in [1.82, 2.24) is 24.8 Å². The summed E-state index contributed by atoms with van der Waals surface area (Å²) in [6.07, 6.45) is 8.47. The summed E-state index contributed by atoms with van der Waals surface area (Å²) in [7, 11) is 1.78. The number of carbonyl (C=O) groups excluding carboxylic acids is 2. The summed E-state index contributed by atoms with van der Waals surface area (Å²) in [5.41, 5.74) is 1.06. The Bertz CT molecular complexity index is 1010. The fourth-order valence-electron chi connectivity index (χ4n) is 4.97. The zero-order valence-electron chi connectivity index (χ0n) is 18.6. The maximum atomic E-state index is 13.0. The molecule has 2 amide bonds. The standard InChI is InChI=1S/C22H29N7O3/c1-3-16-22(31)27(2)17-13-24-19(26-20(17)29(16)14-6-4-5-7-14)18-23-12-15(25-18)21(30)28-8-10-32-11-9-28/h12-14,16H,3-11H2,1-2H3,(H,23,25)/t16-/m1/s1. The molecule has 1 aliphatic carbocycles. The van der Waals surface area contributed by atoms with E-state index in [0.29, 0.717) is 55.4 Å². The predicted molar refractivity (Wildman–Crippen MR) is 119 cm³/mol. The maximum Gasteiger partial charge on any atom is 0.274 e. The smallest absolute Gasteiger partial charge is 0.274 e. The molecule has 32 heavy (non-hydrogen) atoms. The monoisotopic (exact) mass is 439 g/mol. The first-order valence-corrected chi connectivity index (χ1v) is 11.4. The number of aromatic nitrogens is 4. The van der Waals surface area contributed by atoms with Gasteiger partial charge in [0, 0.05) is 32.4 Å². The molecule has 2 fully saturated rings. The van der Waals surface area contributed by atoms with Crippen LogP contribution in [0.3, 0.4) is 0 Å². The number of ether oxygens (including phenoxy) is 1. The van der Waals surface area contributed by atoms with Crippen LogP contribution in [0.25, 0.3) is 11.6 Å². The summed E-state index contributed by atoms with van der Waals surface area (Å²) in [6, 6.07) is 0.0718. The maximum absolute atomic E-state index is 13.0. The van der Waals surface area contributed by atoms with E-state index < -0.39 is 0 Å². The first-order chi connectivity index (χ1) is 15.6. The number of hydrogen-bond donors (Lipinski definition) is 1. The van der Waals surface area contributed by atoms with Gasteiger partial charge in [0.25, 0.3) is 5.91 Å². The molecule has 3 aliphatic rings. The Morgan fingerprint density at radius 3 is 2.69 bits per heavy atom. The molecular formula is C22H29N7O3. The second kappa shape index (κ2) is 8.50. The Balaban J connectivity index is 1.49. The first kappa shape index (κ1) is 20.9. The van der Waals surface area contributed by atoms with Crippen molar-refractivity contribution in [3.05, 3.63) is 18.1 Å². The van der Waals surface area contributed by atoms with Crippen molar-refractivity contribution in [3.63, 3.8) is 0 Å². The number of amides is 2. The van der Waals surface area contributed by atoms with Crippen LogP contribution in [0.1, 0.15) is 49.5 Å². The van der Waals surface area contributed by atoms with Crippen molar-refractivity contribution >= 4 is 23.3 Å². The van der Waals surface area contributed by atoms with Crippen molar-refractivity contribution in [2.45, 2.75) is 51.1 Å². The highest BCUT2D eigenvalue weighted by Crippen LogP contribution is 2.39. The molecule has 5 rings (SSSR count). The van der Waals surface area contributed by atoms with Crippen molar-refractivity contribution in [2.75, 3.05) is 43.2 Å². The van der Waals surface area contributed by atoms with Crippen LogP contribution < -0.4 is 9.80 Å². The van der Waals surface area contributed by atoms with Crippen molar-refractivity contribution in [1.29, 1.82) is 0 Å². The molecule has 1 atom stereocenters. The average Bonchev–Trinajstić information content (AvgIpc) is 3.53. The van der Waals surface area contributed by atoms with E-state index in [1.54, 1.807) is 29.2 Å². The van der Waals surface area contributed by atoms with Crippen molar-refractivity contribution in [3.8, 4) is 11.6 Å². The zero-order chi connectivity index (χ0) is 22.2. The number of imidazole rings is 1. The van der Waals surface area contributed by atoms with Crippen molar-refractivity contribution in [2.24, 2.45) is 0 Å². The molecule has 0 radical (unpaired) electrons. The Kier molecular flexibility index (Phi) is 5.54. The summed E-state index contributed by atoms with van der Waals surface area (Å²) in [5, 5.41) is 0. The highest BCUT2D eigenvalue weighted by molar-refractivity contribution is 6.04. The minimum absolute atomic E-state index is 0.0830. The lowest BCUT2D eigenvalue weighted by Gasteiger charge is -2.43. The van der Waals surface area contributed by atoms with Crippen molar-refractivity contribution < 1.29 is 14.3 Å². The summed E-state index contributed by atoms with van der Waals surface area (Å²) >= 11 is 0. The molecule has 10 nitrogen and oxygen atoms in total. The Morgan fingerprint density at radius 1 is 1.22 bits per heavy atom. The quantitative estimate of drug-likeness (QED) is 0.774. The normalized spacial score (nSPS) is 21.9. The van der Waals surface area contributed by atoms with E-state index in [4.69, 9.17) is 9.72 Å². The van der Waals surface area contributed by atoms with Crippen LogP contribution in [0, 0.1) is 0 Å². The molecule has 0 bridgehead atoms. The third kappa shape index (κ3) is 3.52. The molecule has 2 aliphatic heterocycles. The van der Waals surface area contributed by atoms with Gasteiger partial charge in [-0.15, -0.1) is 0 Å². The lowest BCUT2D eigenvalue weighted by molar-refractivity contribution is -0.120. The number of fused-ring (bicyclic) bond motifs is 1. The number of aromatic amines is 1. The average molecular weight is 440 g/mol. The van der Waals surface area contributed by atoms with E-state index >= 15 is 0 Å². The summed E-state index contributed by atoms with van der Waals surface area (Å²) in [6.45, 7) is 4.25. The molecule has 10 heteroatoms. The molecule has 1 N–H and O–H groups in total. The fraction of sp³-hybridized carbons (Fsp3) is 0.591. The van der Waals surface area contributed by atoms with Crippen LogP contribution in [0.15, 0.2) is 12.4 Å². The Labute approximate surface area is 187 Å². The summed E-state index contributed by atoms with van der Waals surface area (Å²) in [4.78, 5) is 48.3. The first-order valence-electron chi connectivity index (χ1n) is 11.4. The Morgan fingerprint density at radius 2 is 1.97 bits per heavy atom. The topological polar surface area (TPSA) is 108 Å². The third-order valence-corrected chi connectivity index (χ3v) is 6.72. The third-order valence-electron chi connectivity index (χ3n) is 6.72. The molecule has 0 spiro atoms. The van der Waals surface area contributed by atoms with Crippen LogP contribution in [0.2, 0.25) is 0 Å². The van der Waals surface area contributed by atoms with Gasteiger partial charge in [-0.2, -0.15) is 0 Å².